The molecule has 0 unspecified atom stereocenters. The van der Waals surface area contributed by atoms with Gasteiger partial charge in [0, 0.05) is 16.0 Å². The summed E-state index contributed by atoms with van der Waals surface area (Å²) in [7, 11) is 0. The van der Waals surface area contributed by atoms with Crippen molar-refractivity contribution in [1.29, 1.82) is 0 Å². The largest absolute Gasteiger partial charge is 0.478 e. The fraction of sp³-hybridized carbons (Fsp3) is 0.0526. The standard InChI is InChI=1S/C19H12ClFO4S/c1-9-7-12(11-5-4-10(21)8-13(11)20)16(19(24)25)17(15(9)18(22)23)14-3-2-6-26-14/h2-8H,1H3,(H,22,23)(H,24,25). The van der Waals surface area contributed by atoms with Gasteiger partial charge >= 0.3 is 11.9 Å². The lowest BCUT2D eigenvalue weighted by atomic mass is 9.88. The van der Waals surface area contributed by atoms with E-state index in [0.29, 0.717) is 16.0 Å². The molecule has 0 atom stereocenters. The minimum absolute atomic E-state index is 0.0482. The van der Waals surface area contributed by atoms with E-state index in [9.17, 15) is 24.2 Å². The highest BCUT2D eigenvalue weighted by Crippen LogP contribution is 2.41. The zero-order valence-corrected chi connectivity index (χ0v) is 15.0. The van der Waals surface area contributed by atoms with Gasteiger partial charge in [-0.05, 0) is 53.8 Å². The number of aryl methyl sites for hydroxylation is 1. The lowest BCUT2D eigenvalue weighted by molar-refractivity contribution is 0.0695. The van der Waals surface area contributed by atoms with Crippen LogP contribution < -0.4 is 0 Å². The Labute approximate surface area is 157 Å². The molecule has 1 heterocycles. The molecule has 0 aliphatic heterocycles. The van der Waals surface area contributed by atoms with Crippen molar-refractivity contribution in [2.45, 2.75) is 6.92 Å². The third kappa shape index (κ3) is 3.09. The lowest BCUT2D eigenvalue weighted by Gasteiger charge is -2.17. The summed E-state index contributed by atoms with van der Waals surface area (Å²) in [6.45, 7) is 1.59. The average Bonchev–Trinajstić information content (AvgIpc) is 3.07. The van der Waals surface area contributed by atoms with E-state index in [2.05, 4.69) is 0 Å². The van der Waals surface area contributed by atoms with Gasteiger partial charge in [0.2, 0.25) is 0 Å². The summed E-state index contributed by atoms with van der Waals surface area (Å²) < 4.78 is 13.4. The molecule has 0 aliphatic carbocycles. The van der Waals surface area contributed by atoms with Crippen molar-refractivity contribution in [3.05, 3.63) is 69.3 Å². The highest BCUT2D eigenvalue weighted by atomic mass is 35.5. The van der Waals surface area contributed by atoms with Crippen molar-refractivity contribution in [2.24, 2.45) is 0 Å². The molecule has 2 N–H and O–H groups in total. The first-order valence-corrected chi connectivity index (χ1v) is 8.70. The second-order valence-electron chi connectivity index (χ2n) is 5.58. The number of carbonyl (C=O) groups is 2. The highest BCUT2D eigenvalue weighted by molar-refractivity contribution is 7.13. The van der Waals surface area contributed by atoms with E-state index in [1.54, 1.807) is 24.4 Å². The maximum Gasteiger partial charge on any atom is 0.337 e. The molecule has 7 heteroatoms. The van der Waals surface area contributed by atoms with Gasteiger partial charge in [0.25, 0.3) is 0 Å². The van der Waals surface area contributed by atoms with Gasteiger partial charge in [-0.3, -0.25) is 0 Å². The number of benzene rings is 2. The van der Waals surface area contributed by atoms with E-state index < -0.39 is 17.8 Å². The number of carboxylic acid groups (broad SMARTS) is 2. The maximum absolute atomic E-state index is 13.4. The number of hydrogen-bond acceptors (Lipinski definition) is 3. The summed E-state index contributed by atoms with van der Waals surface area (Å²) in [5.41, 5.74) is 0.823. The number of hydrogen-bond donors (Lipinski definition) is 2. The molecule has 3 rings (SSSR count). The topological polar surface area (TPSA) is 74.6 Å². The average molecular weight is 391 g/mol. The van der Waals surface area contributed by atoms with Gasteiger partial charge in [0.05, 0.1) is 16.1 Å². The zero-order valence-electron chi connectivity index (χ0n) is 13.4. The zero-order chi connectivity index (χ0) is 19.0. The Morgan fingerprint density at radius 2 is 1.73 bits per heavy atom. The first-order valence-electron chi connectivity index (χ1n) is 7.44. The van der Waals surface area contributed by atoms with Gasteiger partial charge < -0.3 is 10.2 Å². The Hall–Kier alpha value is -2.70. The third-order valence-electron chi connectivity index (χ3n) is 3.94. The molecule has 0 aliphatic rings. The molecule has 0 saturated carbocycles. The Balaban J connectivity index is 2.47. The van der Waals surface area contributed by atoms with Crippen molar-refractivity contribution >= 4 is 34.9 Å². The summed E-state index contributed by atoms with van der Waals surface area (Å²) in [6.07, 6.45) is 0. The van der Waals surface area contributed by atoms with Gasteiger partial charge in [0.15, 0.2) is 0 Å². The van der Waals surface area contributed by atoms with E-state index in [1.165, 1.54) is 29.5 Å². The molecule has 2 aromatic carbocycles. The van der Waals surface area contributed by atoms with E-state index in [4.69, 9.17) is 11.6 Å². The molecule has 0 fully saturated rings. The van der Waals surface area contributed by atoms with Crippen LogP contribution in [0.25, 0.3) is 21.6 Å². The SMILES string of the molecule is Cc1cc(-c2ccc(F)cc2Cl)c(C(=O)O)c(-c2cccs2)c1C(=O)O. The fourth-order valence-electron chi connectivity index (χ4n) is 2.90. The molecule has 26 heavy (non-hydrogen) atoms. The summed E-state index contributed by atoms with van der Waals surface area (Å²) >= 11 is 7.36. The van der Waals surface area contributed by atoms with Crippen molar-refractivity contribution in [2.75, 3.05) is 0 Å². The van der Waals surface area contributed by atoms with Crippen molar-refractivity contribution in [1.82, 2.24) is 0 Å². The van der Waals surface area contributed by atoms with Crippen LogP contribution in [0.4, 0.5) is 4.39 Å². The minimum atomic E-state index is -1.29. The second kappa shape index (κ2) is 6.90. The van der Waals surface area contributed by atoms with Crippen LogP contribution in [0.5, 0.6) is 0 Å². The van der Waals surface area contributed by atoms with Crippen molar-refractivity contribution in [3.63, 3.8) is 0 Å². The fourth-order valence-corrected chi connectivity index (χ4v) is 3.95. The van der Waals surface area contributed by atoms with Gasteiger partial charge in [-0.1, -0.05) is 17.7 Å². The number of thiophene rings is 1. The smallest absolute Gasteiger partial charge is 0.337 e. The number of aromatic carboxylic acids is 2. The van der Waals surface area contributed by atoms with Crippen LogP contribution >= 0.6 is 22.9 Å². The van der Waals surface area contributed by atoms with Gasteiger partial charge in [-0.15, -0.1) is 11.3 Å². The van der Waals surface area contributed by atoms with E-state index in [0.717, 1.165) is 6.07 Å². The van der Waals surface area contributed by atoms with Crippen LogP contribution in [0, 0.1) is 12.7 Å². The van der Waals surface area contributed by atoms with Crippen LogP contribution in [-0.4, -0.2) is 22.2 Å². The molecular weight excluding hydrogens is 379 g/mol. The number of rotatable bonds is 4. The molecule has 1 aromatic heterocycles. The third-order valence-corrected chi connectivity index (χ3v) is 5.14. The van der Waals surface area contributed by atoms with Crippen LogP contribution in [-0.2, 0) is 0 Å². The highest BCUT2D eigenvalue weighted by Gasteiger charge is 2.27. The first kappa shape index (κ1) is 18.1. The molecule has 3 aromatic rings. The Kier molecular flexibility index (Phi) is 4.80. The van der Waals surface area contributed by atoms with Crippen LogP contribution in [0.1, 0.15) is 26.3 Å². The van der Waals surface area contributed by atoms with E-state index in [-0.39, 0.29) is 27.3 Å². The number of carboxylic acids is 2. The van der Waals surface area contributed by atoms with Gasteiger partial charge in [-0.2, -0.15) is 0 Å². The van der Waals surface area contributed by atoms with E-state index in [1.807, 2.05) is 0 Å². The van der Waals surface area contributed by atoms with Crippen LogP contribution in [0.3, 0.4) is 0 Å². The molecule has 132 valence electrons. The first-order chi connectivity index (χ1) is 12.3. The molecule has 4 nitrogen and oxygen atoms in total. The van der Waals surface area contributed by atoms with E-state index >= 15 is 0 Å². The van der Waals surface area contributed by atoms with Crippen molar-refractivity contribution in [3.8, 4) is 21.6 Å². The van der Waals surface area contributed by atoms with Gasteiger partial charge in [0.1, 0.15) is 5.82 Å². The molecular formula is C19H12ClFO4S. The summed E-state index contributed by atoms with van der Waals surface area (Å²) in [4.78, 5) is 24.4. The molecule has 0 amide bonds. The molecule has 0 bridgehead atoms. The maximum atomic E-state index is 13.4. The predicted octanol–water partition coefficient (Wildman–Crippen LogP) is 5.58. The minimum Gasteiger partial charge on any atom is -0.478 e. The van der Waals surface area contributed by atoms with Crippen molar-refractivity contribution < 1.29 is 24.2 Å². The molecule has 0 saturated heterocycles. The molecule has 0 radical (unpaired) electrons. The van der Waals surface area contributed by atoms with Crippen LogP contribution in [0.2, 0.25) is 5.02 Å². The Bertz CT molecular complexity index is 1030. The summed E-state index contributed by atoms with van der Waals surface area (Å²) in [6, 6.07) is 8.49. The lowest BCUT2D eigenvalue weighted by Crippen LogP contribution is -2.11. The Morgan fingerprint density at radius 3 is 2.27 bits per heavy atom. The summed E-state index contributed by atoms with van der Waals surface area (Å²) in [5.74, 6) is -3.05. The second-order valence-corrected chi connectivity index (χ2v) is 6.93. The predicted molar refractivity (Wildman–Crippen MR) is 98.8 cm³/mol. The Morgan fingerprint density at radius 1 is 1.04 bits per heavy atom. The quantitative estimate of drug-likeness (QED) is 0.609. The summed E-state index contributed by atoms with van der Waals surface area (Å²) in [5, 5.41) is 21.3. The van der Waals surface area contributed by atoms with Gasteiger partial charge in [-0.25, -0.2) is 14.0 Å². The number of halogens is 2. The molecule has 0 spiro atoms. The monoisotopic (exact) mass is 390 g/mol. The van der Waals surface area contributed by atoms with Crippen LogP contribution in [0.15, 0.2) is 41.8 Å². The normalized spacial score (nSPS) is 10.7.